The minimum atomic E-state index is -2.64. The fourth-order valence-electron chi connectivity index (χ4n) is 5.61. The van der Waals surface area contributed by atoms with Gasteiger partial charge in [-0.05, 0) is 56.8 Å². The monoisotopic (exact) mass is 575 g/mol. The molecule has 1 aliphatic heterocycles. The summed E-state index contributed by atoms with van der Waals surface area (Å²) in [6.07, 6.45) is 6.56. The minimum Gasteiger partial charge on any atom is -0.346 e. The highest BCUT2D eigenvalue weighted by molar-refractivity contribution is 5.94. The average molecular weight is 576 g/mol. The van der Waals surface area contributed by atoms with Crippen molar-refractivity contribution < 1.29 is 13.6 Å². The number of nitrogens with zero attached hydrogens (tertiary/aromatic N) is 8. The Labute approximate surface area is 243 Å². The number of hydrogen-bond donors (Lipinski definition) is 1. The number of halogens is 2. The van der Waals surface area contributed by atoms with E-state index in [2.05, 4.69) is 31.0 Å². The van der Waals surface area contributed by atoms with Gasteiger partial charge >= 0.3 is 0 Å². The Bertz CT molecular complexity index is 1550. The SMILES string of the molecule is CN(C)Cc1cc(C(=O)N2CCN([C@@H](CCCC#N)Cn3cc(-c4ncnc5[nH]ccc45)cn3)CC2)cc(C(F)F)c1. The summed E-state index contributed by atoms with van der Waals surface area (Å²) in [5, 5.41) is 14.6. The molecule has 1 atom stereocenters. The summed E-state index contributed by atoms with van der Waals surface area (Å²) >= 11 is 0. The van der Waals surface area contributed by atoms with Crippen LogP contribution >= 0.6 is 0 Å². The summed E-state index contributed by atoms with van der Waals surface area (Å²) in [6.45, 7) is 3.38. The van der Waals surface area contributed by atoms with Crippen LogP contribution in [0.15, 0.2) is 49.2 Å². The van der Waals surface area contributed by atoms with E-state index < -0.39 is 6.43 Å². The predicted octanol–water partition coefficient (Wildman–Crippen LogP) is 4.34. The minimum absolute atomic E-state index is 0.120. The summed E-state index contributed by atoms with van der Waals surface area (Å²) in [5.41, 5.74) is 3.33. The molecule has 0 radical (unpaired) electrons. The van der Waals surface area contributed by atoms with Crippen molar-refractivity contribution in [2.75, 3.05) is 40.3 Å². The number of hydrogen-bond acceptors (Lipinski definition) is 7. The van der Waals surface area contributed by atoms with E-state index >= 15 is 0 Å². The number of rotatable bonds is 11. The Morgan fingerprint density at radius 2 is 1.98 bits per heavy atom. The summed E-state index contributed by atoms with van der Waals surface area (Å²) in [6, 6.07) is 8.80. The molecule has 5 rings (SSSR count). The molecule has 1 aliphatic rings. The molecule has 1 saturated heterocycles. The number of amides is 1. The van der Waals surface area contributed by atoms with Crippen LogP contribution in [0.5, 0.6) is 0 Å². The number of aromatic amines is 1. The number of benzene rings is 1. The Morgan fingerprint density at radius 1 is 1.17 bits per heavy atom. The molecule has 12 heteroatoms. The van der Waals surface area contributed by atoms with Crippen LogP contribution < -0.4 is 0 Å². The van der Waals surface area contributed by atoms with Gasteiger partial charge in [-0.15, -0.1) is 0 Å². The second-order valence-corrected chi connectivity index (χ2v) is 10.9. The third-order valence-corrected chi connectivity index (χ3v) is 7.62. The largest absolute Gasteiger partial charge is 0.346 e. The zero-order chi connectivity index (χ0) is 29.6. The van der Waals surface area contributed by atoms with E-state index in [1.165, 1.54) is 18.5 Å². The van der Waals surface area contributed by atoms with Gasteiger partial charge < -0.3 is 14.8 Å². The Morgan fingerprint density at radius 3 is 2.71 bits per heavy atom. The summed E-state index contributed by atoms with van der Waals surface area (Å²) < 4.78 is 29.1. The fourth-order valence-corrected chi connectivity index (χ4v) is 5.61. The van der Waals surface area contributed by atoms with Crippen molar-refractivity contribution in [2.45, 2.75) is 44.8 Å². The molecular weight excluding hydrogens is 540 g/mol. The zero-order valence-corrected chi connectivity index (χ0v) is 23.9. The van der Waals surface area contributed by atoms with Crippen molar-refractivity contribution in [1.82, 2.24) is 39.4 Å². The van der Waals surface area contributed by atoms with Crippen molar-refractivity contribution in [1.29, 1.82) is 5.26 Å². The van der Waals surface area contributed by atoms with E-state index in [0.29, 0.717) is 56.8 Å². The first-order chi connectivity index (χ1) is 20.3. The first-order valence-corrected chi connectivity index (χ1v) is 14.1. The maximum Gasteiger partial charge on any atom is 0.263 e. The molecule has 1 fully saturated rings. The zero-order valence-electron chi connectivity index (χ0n) is 23.9. The number of piperazine rings is 1. The molecule has 1 N–H and O–H groups in total. The molecule has 0 spiro atoms. The van der Waals surface area contributed by atoms with Crippen LogP contribution in [-0.2, 0) is 13.1 Å². The van der Waals surface area contributed by atoms with E-state index in [-0.39, 0.29) is 17.5 Å². The van der Waals surface area contributed by atoms with Gasteiger partial charge in [0.1, 0.15) is 12.0 Å². The fraction of sp³-hybridized carbons (Fsp3) is 0.433. The molecule has 0 aliphatic carbocycles. The number of unbranched alkanes of at least 4 members (excludes halogenated alkanes) is 1. The molecule has 0 saturated carbocycles. The van der Waals surface area contributed by atoms with Crippen LogP contribution in [0.2, 0.25) is 0 Å². The van der Waals surface area contributed by atoms with Crippen molar-refractivity contribution in [3.8, 4) is 17.3 Å². The van der Waals surface area contributed by atoms with E-state index in [1.807, 2.05) is 42.1 Å². The molecule has 10 nitrogen and oxygen atoms in total. The van der Waals surface area contributed by atoms with Gasteiger partial charge in [0.05, 0.1) is 24.5 Å². The van der Waals surface area contributed by atoms with Gasteiger partial charge in [-0.2, -0.15) is 10.4 Å². The van der Waals surface area contributed by atoms with Crippen LogP contribution in [0, 0.1) is 11.3 Å². The second kappa shape index (κ2) is 13.2. The van der Waals surface area contributed by atoms with Gasteiger partial charge in [0, 0.05) is 79.7 Å². The third kappa shape index (κ3) is 6.80. The Kier molecular flexibility index (Phi) is 9.19. The van der Waals surface area contributed by atoms with Gasteiger partial charge in [-0.3, -0.25) is 14.4 Å². The molecule has 4 heterocycles. The number of carbonyl (C=O) groups excluding carboxylic acids is 1. The molecular formula is C30H35F2N9O. The average Bonchev–Trinajstić information content (AvgIpc) is 3.66. The first kappa shape index (κ1) is 29.3. The lowest BCUT2D eigenvalue weighted by molar-refractivity contribution is 0.0531. The van der Waals surface area contributed by atoms with Crippen molar-refractivity contribution in [2.24, 2.45) is 0 Å². The molecule has 0 bridgehead atoms. The van der Waals surface area contributed by atoms with Gasteiger partial charge in [0.15, 0.2) is 0 Å². The molecule has 0 unspecified atom stereocenters. The summed E-state index contributed by atoms with van der Waals surface area (Å²) in [7, 11) is 3.73. The van der Waals surface area contributed by atoms with Crippen molar-refractivity contribution in [3.63, 3.8) is 0 Å². The van der Waals surface area contributed by atoms with E-state index in [4.69, 9.17) is 5.26 Å². The number of carbonyl (C=O) groups is 1. The lowest BCUT2D eigenvalue weighted by atomic mass is 10.0. The van der Waals surface area contributed by atoms with E-state index in [0.717, 1.165) is 35.1 Å². The third-order valence-electron chi connectivity index (χ3n) is 7.62. The number of nitrogens with one attached hydrogen (secondary N) is 1. The number of alkyl halides is 2. The quantitative estimate of drug-likeness (QED) is 0.265. The normalized spacial score (nSPS) is 15.0. The Balaban J connectivity index is 1.27. The molecule has 220 valence electrons. The van der Waals surface area contributed by atoms with Gasteiger partial charge in [0.25, 0.3) is 12.3 Å². The summed E-state index contributed by atoms with van der Waals surface area (Å²) in [5.74, 6) is -0.226. The molecule has 4 aromatic rings. The standard InChI is InChI=1S/C30H35F2N9O/c1-38(2)17-21-13-22(28(31)32)15-23(14-21)30(42)40-11-9-39(10-12-40)25(5-3-4-7-33)19-41-18-24(16-37-41)27-26-6-8-34-29(26)36-20-35-27/h6,8,13-16,18,20,25,28H,3-5,9-12,17,19H2,1-2H3,(H,34,35,36)/t25-/m0/s1. The first-order valence-electron chi connectivity index (χ1n) is 14.1. The maximum absolute atomic E-state index is 13.6. The van der Waals surface area contributed by atoms with Gasteiger partial charge in [-0.1, -0.05) is 0 Å². The predicted molar refractivity (Wildman–Crippen MR) is 155 cm³/mol. The number of fused-ring (bicyclic) bond motifs is 1. The van der Waals surface area contributed by atoms with Crippen LogP contribution in [0.3, 0.4) is 0 Å². The molecule has 42 heavy (non-hydrogen) atoms. The molecule has 3 aromatic heterocycles. The van der Waals surface area contributed by atoms with Crippen molar-refractivity contribution in [3.05, 3.63) is 65.9 Å². The highest BCUT2D eigenvalue weighted by Gasteiger charge is 2.28. The van der Waals surface area contributed by atoms with Crippen LogP contribution in [0.4, 0.5) is 8.78 Å². The lowest BCUT2D eigenvalue weighted by Gasteiger charge is -2.39. The number of aromatic nitrogens is 5. The van der Waals surface area contributed by atoms with Crippen molar-refractivity contribution >= 4 is 16.9 Å². The van der Waals surface area contributed by atoms with Gasteiger partial charge in [0.2, 0.25) is 0 Å². The van der Waals surface area contributed by atoms with E-state index in [1.54, 1.807) is 17.2 Å². The smallest absolute Gasteiger partial charge is 0.263 e. The van der Waals surface area contributed by atoms with Gasteiger partial charge in [-0.25, -0.2) is 18.7 Å². The molecule has 1 aromatic carbocycles. The second-order valence-electron chi connectivity index (χ2n) is 10.9. The topological polar surface area (TPSA) is 110 Å². The lowest BCUT2D eigenvalue weighted by Crippen LogP contribution is -2.53. The number of nitriles is 1. The maximum atomic E-state index is 13.6. The highest BCUT2D eigenvalue weighted by atomic mass is 19.3. The molecule has 1 amide bonds. The van der Waals surface area contributed by atoms with Crippen LogP contribution in [0.25, 0.3) is 22.3 Å². The Hall–Kier alpha value is -4.21. The summed E-state index contributed by atoms with van der Waals surface area (Å²) in [4.78, 5) is 31.2. The number of H-pyrrole nitrogens is 1. The van der Waals surface area contributed by atoms with Crippen LogP contribution in [-0.4, -0.2) is 91.7 Å². The van der Waals surface area contributed by atoms with E-state index in [9.17, 15) is 13.6 Å². The van der Waals surface area contributed by atoms with Crippen LogP contribution in [0.1, 0.15) is 47.2 Å². The highest BCUT2D eigenvalue weighted by Crippen LogP contribution is 2.26.